The van der Waals surface area contributed by atoms with Crippen LogP contribution in [-0.4, -0.2) is 4.57 Å². The van der Waals surface area contributed by atoms with Crippen molar-refractivity contribution >= 4 is 5.69 Å². The number of aromatic nitrogens is 1. The number of hydrogen-bond acceptors (Lipinski definition) is 1. The summed E-state index contributed by atoms with van der Waals surface area (Å²) in [5.41, 5.74) is -0.164. The second kappa shape index (κ2) is 4.95. The molecule has 0 saturated carbocycles. The summed E-state index contributed by atoms with van der Waals surface area (Å²) in [5.74, 6) is -0.705. The standard InChI is InChI=1S/C13H12F4N2/c1-19-5-4-9(8-19)7-18-12-6-10(13(15,16)17)2-3-11(12)14/h2-6,8,18H,7H2,1H3. The number of nitrogens with one attached hydrogen (secondary N) is 1. The highest BCUT2D eigenvalue weighted by atomic mass is 19.4. The molecule has 0 bridgehead atoms. The number of halogens is 4. The van der Waals surface area contributed by atoms with Gasteiger partial charge >= 0.3 is 6.18 Å². The van der Waals surface area contributed by atoms with Crippen LogP contribution >= 0.6 is 0 Å². The van der Waals surface area contributed by atoms with Gasteiger partial charge in [-0.05, 0) is 29.8 Å². The SMILES string of the molecule is Cn1ccc(CNc2cc(C(F)(F)F)ccc2F)c1. The van der Waals surface area contributed by atoms with E-state index in [2.05, 4.69) is 5.32 Å². The zero-order valence-electron chi connectivity index (χ0n) is 10.1. The van der Waals surface area contributed by atoms with Crippen LogP contribution in [0.3, 0.4) is 0 Å². The Labute approximate surface area is 107 Å². The molecule has 0 aliphatic rings. The topological polar surface area (TPSA) is 17.0 Å². The van der Waals surface area contributed by atoms with E-state index in [0.29, 0.717) is 0 Å². The molecule has 2 rings (SSSR count). The monoisotopic (exact) mass is 272 g/mol. The lowest BCUT2D eigenvalue weighted by atomic mass is 10.2. The van der Waals surface area contributed by atoms with Crippen molar-refractivity contribution in [2.45, 2.75) is 12.7 Å². The van der Waals surface area contributed by atoms with Crippen molar-refractivity contribution in [3.05, 3.63) is 53.6 Å². The van der Waals surface area contributed by atoms with Gasteiger partial charge in [-0.1, -0.05) is 0 Å². The first-order valence-corrected chi connectivity index (χ1v) is 5.58. The number of aryl methyl sites for hydroxylation is 1. The molecule has 1 aromatic heterocycles. The zero-order valence-corrected chi connectivity index (χ0v) is 10.1. The molecule has 0 fully saturated rings. The minimum Gasteiger partial charge on any atom is -0.379 e. The van der Waals surface area contributed by atoms with Crippen molar-refractivity contribution < 1.29 is 17.6 Å². The van der Waals surface area contributed by atoms with Gasteiger partial charge in [-0.15, -0.1) is 0 Å². The third kappa shape index (κ3) is 3.27. The predicted molar refractivity (Wildman–Crippen MR) is 64.1 cm³/mol. The summed E-state index contributed by atoms with van der Waals surface area (Å²) in [6.45, 7) is 0.263. The molecule has 1 N–H and O–H groups in total. The summed E-state index contributed by atoms with van der Waals surface area (Å²) in [7, 11) is 1.83. The van der Waals surface area contributed by atoms with Gasteiger partial charge in [0.2, 0.25) is 0 Å². The Bertz CT molecular complexity index is 572. The molecule has 0 atom stereocenters. The van der Waals surface area contributed by atoms with Gasteiger partial charge in [0, 0.05) is 26.0 Å². The van der Waals surface area contributed by atoms with E-state index >= 15 is 0 Å². The van der Waals surface area contributed by atoms with Crippen LogP contribution in [0.1, 0.15) is 11.1 Å². The number of hydrogen-bond donors (Lipinski definition) is 1. The molecular weight excluding hydrogens is 260 g/mol. The maximum atomic E-state index is 13.4. The normalized spacial score (nSPS) is 11.6. The summed E-state index contributed by atoms with van der Waals surface area (Å²) < 4.78 is 52.8. The van der Waals surface area contributed by atoms with Crippen LogP contribution in [-0.2, 0) is 19.8 Å². The van der Waals surface area contributed by atoms with Crippen LogP contribution in [0.15, 0.2) is 36.7 Å². The minimum absolute atomic E-state index is 0.154. The molecule has 0 unspecified atom stereocenters. The second-order valence-corrected chi connectivity index (χ2v) is 4.23. The predicted octanol–water partition coefficient (Wildman–Crippen LogP) is 3.80. The van der Waals surface area contributed by atoms with Crippen LogP contribution in [0, 0.1) is 5.82 Å². The van der Waals surface area contributed by atoms with E-state index in [-0.39, 0.29) is 12.2 Å². The Morgan fingerprint density at radius 1 is 1.21 bits per heavy atom. The molecule has 19 heavy (non-hydrogen) atoms. The molecule has 1 heterocycles. The molecule has 0 spiro atoms. The van der Waals surface area contributed by atoms with Gasteiger partial charge < -0.3 is 9.88 Å². The largest absolute Gasteiger partial charge is 0.416 e. The molecule has 6 heteroatoms. The Balaban J connectivity index is 2.15. The lowest BCUT2D eigenvalue weighted by molar-refractivity contribution is -0.137. The highest BCUT2D eigenvalue weighted by Crippen LogP contribution is 2.31. The third-order valence-electron chi connectivity index (χ3n) is 2.67. The second-order valence-electron chi connectivity index (χ2n) is 4.23. The Hall–Kier alpha value is -1.98. The molecule has 2 aromatic rings. The maximum absolute atomic E-state index is 13.4. The van der Waals surface area contributed by atoms with Crippen molar-refractivity contribution in [3.63, 3.8) is 0 Å². The van der Waals surface area contributed by atoms with Crippen molar-refractivity contribution in [3.8, 4) is 0 Å². The molecular formula is C13H12F4N2. The fraction of sp³-hybridized carbons (Fsp3) is 0.231. The van der Waals surface area contributed by atoms with Gasteiger partial charge in [0.15, 0.2) is 0 Å². The lowest BCUT2D eigenvalue weighted by Gasteiger charge is -2.11. The summed E-state index contributed by atoms with van der Waals surface area (Å²) in [6, 6.07) is 4.12. The summed E-state index contributed by atoms with van der Waals surface area (Å²) in [5, 5.41) is 2.67. The van der Waals surface area contributed by atoms with Crippen LogP contribution in [0.2, 0.25) is 0 Å². The van der Waals surface area contributed by atoms with Gasteiger partial charge in [0.05, 0.1) is 11.3 Å². The number of nitrogens with zero attached hydrogens (tertiary/aromatic N) is 1. The van der Waals surface area contributed by atoms with Crippen molar-refractivity contribution in [2.75, 3.05) is 5.32 Å². The quantitative estimate of drug-likeness (QED) is 0.841. The average Bonchev–Trinajstić information content (AvgIpc) is 2.72. The first-order chi connectivity index (χ1) is 8.86. The molecule has 0 aliphatic heterocycles. The first-order valence-electron chi connectivity index (χ1n) is 5.58. The average molecular weight is 272 g/mol. The van der Waals surface area contributed by atoms with E-state index in [1.54, 1.807) is 23.0 Å². The van der Waals surface area contributed by atoms with Crippen LogP contribution in [0.5, 0.6) is 0 Å². The Morgan fingerprint density at radius 3 is 2.53 bits per heavy atom. The molecule has 2 nitrogen and oxygen atoms in total. The minimum atomic E-state index is -4.48. The van der Waals surface area contributed by atoms with Crippen LogP contribution < -0.4 is 5.32 Å². The number of rotatable bonds is 3. The van der Waals surface area contributed by atoms with E-state index in [4.69, 9.17) is 0 Å². The fourth-order valence-corrected chi connectivity index (χ4v) is 1.70. The summed E-state index contributed by atoms with van der Waals surface area (Å²) in [4.78, 5) is 0. The van der Waals surface area contributed by atoms with Crippen LogP contribution in [0.4, 0.5) is 23.2 Å². The van der Waals surface area contributed by atoms with Gasteiger partial charge in [0.25, 0.3) is 0 Å². The van der Waals surface area contributed by atoms with E-state index in [0.717, 1.165) is 23.8 Å². The van der Waals surface area contributed by atoms with Gasteiger partial charge in [-0.2, -0.15) is 13.2 Å². The van der Waals surface area contributed by atoms with Gasteiger partial charge in [-0.25, -0.2) is 4.39 Å². The van der Waals surface area contributed by atoms with Crippen molar-refractivity contribution in [1.29, 1.82) is 0 Å². The molecule has 1 aromatic carbocycles. The van der Waals surface area contributed by atoms with Crippen molar-refractivity contribution in [2.24, 2.45) is 7.05 Å². The highest BCUT2D eigenvalue weighted by molar-refractivity contribution is 5.48. The zero-order chi connectivity index (χ0) is 14.0. The van der Waals surface area contributed by atoms with Crippen LogP contribution in [0.25, 0.3) is 0 Å². The third-order valence-corrected chi connectivity index (χ3v) is 2.67. The number of alkyl halides is 3. The van der Waals surface area contributed by atoms with E-state index in [1.807, 2.05) is 7.05 Å². The van der Waals surface area contributed by atoms with E-state index in [9.17, 15) is 17.6 Å². The summed E-state index contributed by atoms with van der Waals surface area (Å²) >= 11 is 0. The molecule has 0 amide bonds. The number of anilines is 1. The maximum Gasteiger partial charge on any atom is 0.416 e. The Kier molecular flexibility index (Phi) is 3.50. The molecule has 0 radical (unpaired) electrons. The van der Waals surface area contributed by atoms with Gasteiger partial charge in [-0.3, -0.25) is 0 Å². The molecule has 0 aliphatic carbocycles. The fourth-order valence-electron chi connectivity index (χ4n) is 1.70. The smallest absolute Gasteiger partial charge is 0.379 e. The first kappa shape index (κ1) is 13.5. The lowest BCUT2D eigenvalue weighted by Crippen LogP contribution is -2.07. The van der Waals surface area contributed by atoms with Crippen molar-refractivity contribution in [1.82, 2.24) is 4.57 Å². The molecule has 102 valence electrons. The van der Waals surface area contributed by atoms with Gasteiger partial charge in [0.1, 0.15) is 5.82 Å². The number of benzene rings is 1. The molecule has 0 saturated heterocycles. The van der Waals surface area contributed by atoms with E-state index in [1.165, 1.54) is 0 Å². The van der Waals surface area contributed by atoms with E-state index < -0.39 is 17.6 Å². The Morgan fingerprint density at radius 2 is 1.95 bits per heavy atom. The highest BCUT2D eigenvalue weighted by Gasteiger charge is 2.31. The summed E-state index contributed by atoms with van der Waals surface area (Å²) in [6.07, 6.45) is -0.866.